The molecule has 1 aliphatic heterocycles. The number of nitrogens with zero attached hydrogens (tertiary/aromatic N) is 2. The lowest BCUT2D eigenvalue weighted by Gasteiger charge is -2.03. The maximum Gasteiger partial charge on any atom is 0.282 e. The van der Waals surface area contributed by atoms with E-state index in [1.54, 1.807) is 18.2 Å². The van der Waals surface area contributed by atoms with Crippen LogP contribution in [0.1, 0.15) is 15.9 Å². The van der Waals surface area contributed by atoms with Gasteiger partial charge in [0.15, 0.2) is 11.5 Å². The second-order valence-corrected chi connectivity index (χ2v) is 5.86. The predicted molar refractivity (Wildman–Crippen MR) is 93.4 cm³/mol. The van der Waals surface area contributed by atoms with Gasteiger partial charge in [0.1, 0.15) is 0 Å². The van der Waals surface area contributed by atoms with E-state index < -0.39 is 10.8 Å². The number of nitrogens with one attached hydrogen (secondary N) is 1. The van der Waals surface area contributed by atoms with Crippen molar-refractivity contribution in [3.05, 3.63) is 61.2 Å². The van der Waals surface area contributed by atoms with E-state index in [-0.39, 0.29) is 18.0 Å². The molecule has 9 heteroatoms. The maximum atomic E-state index is 12.1. The minimum absolute atomic E-state index is 0.0102. The van der Waals surface area contributed by atoms with Gasteiger partial charge in [0.2, 0.25) is 6.79 Å². The van der Waals surface area contributed by atoms with Gasteiger partial charge < -0.3 is 9.47 Å². The first kappa shape index (κ1) is 16.2. The van der Waals surface area contributed by atoms with Crippen molar-refractivity contribution >= 4 is 40.4 Å². The lowest BCUT2D eigenvalue weighted by Crippen LogP contribution is -2.18. The summed E-state index contributed by atoms with van der Waals surface area (Å²) in [5.74, 6) is 0.298. The third-order valence-corrected chi connectivity index (χ3v) is 4.15. The summed E-state index contributed by atoms with van der Waals surface area (Å²) in [6.45, 7) is 0.0102. The average Bonchev–Trinajstić information content (AvgIpc) is 3.01. The minimum Gasteiger partial charge on any atom is -0.454 e. The molecule has 0 bridgehead atoms. The fourth-order valence-electron chi connectivity index (χ4n) is 2.07. The van der Waals surface area contributed by atoms with Crippen LogP contribution in [0.4, 0.5) is 5.69 Å². The summed E-state index contributed by atoms with van der Waals surface area (Å²) >= 11 is 2.04. The minimum atomic E-state index is -0.550. The van der Waals surface area contributed by atoms with Gasteiger partial charge in [0, 0.05) is 3.57 Å². The van der Waals surface area contributed by atoms with Crippen LogP contribution in [-0.4, -0.2) is 23.8 Å². The second-order valence-electron chi connectivity index (χ2n) is 4.70. The SMILES string of the molecule is O=C(NN=Cc1cc2c(cc1[N+](=O)[O-])OCO2)c1ccccc1I. The predicted octanol–water partition coefficient (Wildman–Crippen LogP) is 2.69. The number of rotatable bonds is 4. The van der Waals surface area contributed by atoms with E-state index in [0.29, 0.717) is 17.1 Å². The van der Waals surface area contributed by atoms with Crippen molar-refractivity contribution in [3.63, 3.8) is 0 Å². The average molecular weight is 439 g/mol. The Hall–Kier alpha value is -2.69. The van der Waals surface area contributed by atoms with E-state index in [9.17, 15) is 14.9 Å². The standard InChI is InChI=1S/C15H10IN3O5/c16-11-4-2-1-3-10(11)15(20)18-17-7-9-5-13-14(24-8-23-13)6-12(9)19(21)22/h1-7H,8H2,(H,18,20). The van der Waals surface area contributed by atoms with Crippen LogP contribution in [-0.2, 0) is 0 Å². The molecular weight excluding hydrogens is 429 g/mol. The first-order valence-corrected chi connectivity index (χ1v) is 7.80. The first-order chi connectivity index (χ1) is 11.6. The van der Waals surface area contributed by atoms with E-state index in [1.165, 1.54) is 18.3 Å². The van der Waals surface area contributed by atoms with Crippen LogP contribution in [0.2, 0.25) is 0 Å². The zero-order chi connectivity index (χ0) is 17.1. The van der Waals surface area contributed by atoms with Gasteiger partial charge in [-0.15, -0.1) is 0 Å². The number of benzene rings is 2. The van der Waals surface area contributed by atoms with Gasteiger partial charge in [-0.25, -0.2) is 5.43 Å². The summed E-state index contributed by atoms with van der Waals surface area (Å²) in [7, 11) is 0. The summed E-state index contributed by atoms with van der Waals surface area (Å²) in [4.78, 5) is 22.6. The highest BCUT2D eigenvalue weighted by Gasteiger charge is 2.22. The molecule has 122 valence electrons. The molecule has 24 heavy (non-hydrogen) atoms. The first-order valence-electron chi connectivity index (χ1n) is 6.72. The maximum absolute atomic E-state index is 12.1. The summed E-state index contributed by atoms with van der Waals surface area (Å²) in [5, 5.41) is 14.9. The van der Waals surface area contributed by atoms with E-state index in [1.807, 2.05) is 28.7 Å². The number of halogens is 1. The topological polar surface area (TPSA) is 103 Å². The molecular formula is C15H10IN3O5. The highest BCUT2D eigenvalue weighted by atomic mass is 127. The molecule has 0 aromatic heterocycles. The van der Waals surface area contributed by atoms with Crippen LogP contribution in [0, 0.1) is 13.7 Å². The van der Waals surface area contributed by atoms with Gasteiger partial charge in [0.25, 0.3) is 11.6 Å². The number of hydrazone groups is 1. The number of amides is 1. The number of fused-ring (bicyclic) bond motifs is 1. The number of ether oxygens (including phenoxy) is 2. The second kappa shape index (κ2) is 6.83. The molecule has 0 aliphatic carbocycles. The Labute approximate surface area is 149 Å². The number of hydrogen-bond acceptors (Lipinski definition) is 6. The Kier molecular flexibility index (Phi) is 4.60. The van der Waals surface area contributed by atoms with Gasteiger partial charge in [-0.2, -0.15) is 5.10 Å². The molecule has 1 aliphatic rings. The fourth-order valence-corrected chi connectivity index (χ4v) is 2.71. The molecule has 8 nitrogen and oxygen atoms in total. The Morgan fingerprint density at radius 1 is 1.29 bits per heavy atom. The van der Waals surface area contributed by atoms with Crippen molar-refractivity contribution in [1.29, 1.82) is 0 Å². The van der Waals surface area contributed by atoms with E-state index in [4.69, 9.17) is 9.47 Å². The fraction of sp³-hybridized carbons (Fsp3) is 0.0667. The largest absolute Gasteiger partial charge is 0.454 e. The van der Waals surface area contributed by atoms with Crippen LogP contribution < -0.4 is 14.9 Å². The molecule has 0 radical (unpaired) electrons. The number of carbonyl (C=O) groups is 1. The van der Waals surface area contributed by atoms with Crippen molar-refractivity contribution in [2.75, 3.05) is 6.79 Å². The lowest BCUT2D eigenvalue weighted by atomic mass is 10.1. The zero-order valence-electron chi connectivity index (χ0n) is 12.1. The van der Waals surface area contributed by atoms with Gasteiger partial charge in [-0.05, 0) is 40.8 Å². The van der Waals surface area contributed by atoms with Crippen molar-refractivity contribution in [2.45, 2.75) is 0 Å². The molecule has 1 amide bonds. The summed E-state index contributed by atoms with van der Waals surface area (Å²) in [6, 6.07) is 9.73. The normalized spacial score (nSPS) is 12.4. The van der Waals surface area contributed by atoms with Crippen LogP contribution in [0.5, 0.6) is 11.5 Å². The monoisotopic (exact) mass is 439 g/mol. The van der Waals surface area contributed by atoms with E-state index in [0.717, 1.165) is 3.57 Å². The van der Waals surface area contributed by atoms with Crippen LogP contribution in [0.25, 0.3) is 0 Å². The van der Waals surface area contributed by atoms with Gasteiger partial charge in [-0.3, -0.25) is 14.9 Å². The zero-order valence-corrected chi connectivity index (χ0v) is 14.2. The van der Waals surface area contributed by atoms with E-state index in [2.05, 4.69) is 10.5 Å². The van der Waals surface area contributed by atoms with Gasteiger partial charge in [-0.1, -0.05) is 12.1 Å². The Morgan fingerprint density at radius 2 is 2.00 bits per heavy atom. The molecule has 0 spiro atoms. The van der Waals surface area contributed by atoms with Crippen molar-refractivity contribution in [2.24, 2.45) is 5.10 Å². The Bertz CT molecular complexity index is 853. The molecule has 0 saturated carbocycles. The summed E-state index contributed by atoms with van der Waals surface area (Å²) in [6.07, 6.45) is 1.20. The van der Waals surface area contributed by atoms with E-state index >= 15 is 0 Å². The molecule has 3 rings (SSSR count). The summed E-state index contributed by atoms with van der Waals surface area (Å²) in [5.41, 5.74) is 2.83. The molecule has 0 fully saturated rings. The molecule has 0 atom stereocenters. The van der Waals surface area contributed by atoms with Crippen LogP contribution in [0.15, 0.2) is 41.5 Å². The van der Waals surface area contributed by atoms with Crippen molar-refractivity contribution in [1.82, 2.24) is 5.43 Å². The quantitative estimate of drug-likeness (QED) is 0.342. The Morgan fingerprint density at radius 3 is 2.71 bits per heavy atom. The molecule has 0 saturated heterocycles. The van der Waals surface area contributed by atoms with Crippen LogP contribution >= 0.6 is 22.6 Å². The van der Waals surface area contributed by atoms with Gasteiger partial charge in [0.05, 0.1) is 28.3 Å². The third kappa shape index (κ3) is 3.30. The Balaban J connectivity index is 1.81. The van der Waals surface area contributed by atoms with Crippen molar-refractivity contribution < 1.29 is 19.2 Å². The number of nitro benzene ring substituents is 1. The number of hydrogen-bond donors (Lipinski definition) is 1. The lowest BCUT2D eigenvalue weighted by molar-refractivity contribution is -0.385. The molecule has 2 aromatic rings. The molecule has 1 heterocycles. The number of nitro groups is 1. The third-order valence-electron chi connectivity index (χ3n) is 3.21. The molecule has 0 unspecified atom stereocenters. The smallest absolute Gasteiger partial charge is 0.282 e. The highest BCUT2D eigenvalue weighted by Crippen LogP contribution is 2.37. The molecule has 2 aromatic carbocycles. The molecule has 1 N–H and O–H groups in total. The number of carbonyl (C=O) groups excluding carboxylic acids is 1. The summed E-state index contributed by atoms with van der Waals surface area (Å²) < 4.78 is 11.1. The van der Waals surface area contributed by atoms with Crippen molar-refractivity contribution in [3.8, 4) is 11.5 Å². The van der Waals surface area contributed by atoms with Gasteiger partial charge >= 0.3 is 0 Å². The van der Waals surface area contributed by atoms with Crippen LogP contribution in [0.3, 0.4) is 0 Å². The highest BCUT2D eigenvalue weighted by molar-refractivity contribution is 14.1.